The predicted octanol–water partition coefficient (Wildman–Crippen LogP) is -1.72. The summed E-state index contributed by atoms with van der Waals surface area (Å²) in [6.45, 7) is 11.0. The van der Waals surface area contributed by atoms with Gasteiger partial charge in [-0.3, -0.25) is 58.8 Å². The van der Waals surface area contributed by atoms with Gasteiger partial charge in [-0.1, -0.05) is 59.8 Å². The summed E-state index contributed by atoms with van der Waals surface area (Å²) in [5.41, 5.74) is 14.3. The van der Waals surface area contributed by atoms with Crippen molar-refractivity contribution in [2.45, 2.75) is 180 Å². The molecule has 1 radical (unpaired) electrons. The first-order valence-corrected chi connectivity index (χ1v) is 25.3. The average Bonchev–Trinajstić information content (AvgIpc) is 3.32. The highest BCUT2D eigenvalue weighted by atomic mass is 32.1. The van der Waals surface area contributed by atoms with Crippen molar-refractivity contribution in [3.8, 4) is 0 Å². The second-order valence-corrected chi connectivity index (χ2v) is 18.9. The molecular weight excluding hydrogens is 957 g/mol. The molecule has 0 aliphatic heterocycles. The topological polar surface area (TPSA) is 427 Å². The fourth-order valence-electron chi connectivity index (χ4n) is 7.97. The van der Waals surface area contributed by atoms with E-state index in [2.05, 4.69) is 60.5 Å². The molecule has 25 nitrogen and oxygen atoms in total. The number of carbonyl (C=O) groups is 10. The van der Waals surface area contributed by atoms with E-state index >= 15 is 0 Å². The Balaban J connectivity index is 3.60. The fraction of sp³-hybridized carbons (Fsp3) is 0.739. The lowest BCUT2D eigenvalue weighted by Gasteiger charge is -2.39. The van der Waals surface area contributed by atoms with Crippen LogP contribution in [-0.4, -0.2) is 143 Å². The smallest absolute Gasteiger partial charge is 0.305 e. The number of nitrogens with zero attached hydrogens (tertiary/aromatic N) is 1. The zero-order chi connectivity index (χ0) is 54.9. The van der Waals surface area contributed by atoms with Crippen LogP contribution in [0.3, 0.4) is 0 Å². The number of carboxylic acids is 1. The standard InChI is InChI=1S/C46H81N14O11S/c1-8-24(3)35(59-40(68)30(17-13-20-52-44(48)49)56-39(67)28(7)55-38(66)27(6)54-37(65)26(5)47)43(71)58-32(23-34(62)63)41(69)57-31(18-14-21-53-45(50)51)42(70)60-46(25(4)9-2,33(61)19-22-72)36(64)29-15-11-10-12-16-29/h24-32,35,72H,8-23,47H2,1-7H3,(H,54,65)(H,55,66)(H,56,67)(H,57,69)(H,58,71)(H,59,68)(H,62,63)(H4,48,49,52)(H4,50,51,53)/t24-,25-,26-,27-,28-,30-,31-,32-,35-,46+/m0/s1. The van der Waals surface area contributed by atoms with Crippen molar-refractivity contribution in [2.24, 2.45) is 35.0 Å². The van der Waals surface area contributed by atoms with Crippen molar-refractivity contribution < 1.29 is 53.1 Å². The first-order chi connectivity index (χ1) is 33.8. The minimum atomic E-state index is -2.11. The number of nitrogens with two attached hydrogens (primary N) is 3. The van der Waals surface area contributed by atoms with Gasteiger partial charge in [0, 0.05) is 25.4 Å². The van der Waals surface area contributed by atoms with Gasteiger partial charge in [-0.15, -0.1) is 0 Å². The lowest BCUT2D eigenvalue weighted by atomic mass is 9.69. The van der Waals surface area contributed by atoms with Crippen molar-refractivity contribution in [3.05, 3.63) is 0 Å². The maximum atomic E-state index is 14.5. The molecule has 10 atom stereocenters. The second kappa shape index (κ2) is 32.1. The molecule has 1 rings (SSSR count). The van der Waals surface area contributed by atoms with Crippen LogP contribution in [0.2, 0.25) is 0 Å². The molecule has 0 aromatic carbocycles. The lowest BCUT2D eigenvalue weighted by molar-refractivity contribution is -0.148. The van der Waals surface area contributed by atoms with Gasteiger partial charge in [-0.05, 0) is 76.9 Å². The Morgan fingerprint density at radius 2 is 1.15 bits per heavy atom. The van der Waals surface area contributed by atoms with Crippen molar-refractivity contribution in [1.29, 1.82) is 10.8 Å². The molecule has 26 heteroatoms. The minimum Gasteiger partial charge on any atom is -0.481 e. The number of thiol groups is 1. The van der Waals surface area contributed by atoms with Gasteiger partial charge in [0.05, 0.1) is 12.5 Å². The van der Waals surface area contributed by atoms with E-state index in [1.165, 1.54) is 20.8 Å². The molecule has 0 heterocycles. The number of nitrogens with one attached hydrogen (secondary N) is 10. The normalized spacial score (nSPS) is 17.1. The summed E-state index contributed by atoms with van der Waals surface area (Å²) >= 11 is 4.23. The molecular formula is C46H81N14O11S. The predicted molar refractivity (Wildman–Crippen MR) is 271 cm³/mol. The van der Waals surface area contributed by atoms with Crippen LogP contribution in [-0.2, 0) is 47.9 Å². The van der Waals surface area contributed by atoms with Crippen LogP contribution in [0.5, 0.6) is 0 Å². The highest BCUT2D eigenvalue weighted by molar-refractivity contribution is 7.80. The number of amides is 7. The zero-order valence-electron chi connectivity index (χ0n) is 42.7. The van der Waals surface area contributed by atoms with Gasteiger partial charge in [0.15, 0.2) is 29.0 Å². The third-order valence-electron chi connectivity index (χ3n) is 12.7. The van der Waals surface area contributed by atoms with Crippen LogP contribution in [0, 0.1) is 28.6 Å². The summed E-state index contributed by atoms with van der Waals surface area (Å²) < 4.78 is 0. The van der Waals surface area contributed by atoms with Crippen LogP contribution in [0.4, 0.5) is 0 Å². The van der Waals surface area contributed by atoms with E-state index in [9.17, 15) is 53.1 Å². The van der Waals surface area contributed by atoms with E-state index in [1.54, 1.807) is 27.7 Å². The van der Waals surface area contributed by atoms with E-state index < -0.39 is 131 Å². The van der Waals surface area contributed by atoms with Crippen LogP contribution < -0.4 is 65.1 Å². The quantitative estimate of drug-likeness (QED) is 0.0114. The van der Waals surface area contributed by atoms with Gasteiger partial charge in [0.1, 0.15) is 36.3 Å². The Morgan fingerprint density at radius 1 is 0.667 bits per heavy atom. The van der Waals surface area contributed by atoms with E-state index in [1.807, 2.05) is 0 Å². The molecule has 0 aromatic heterocycles. The van der Waals surface area contributed by atoms with Gasteiger partial charge >= 0.3 is 5.97 Å². The van der Waals surface area contributed by atoms with E-state index in [0.717, 1.165) is 19.3 Å². The Bertz CT molecular complexity index is 1920. The average molecular weight is 1040 g/mol. The zero-order valence-corrected chi connectivity index (χ0v) is 43.6. The van der Waals surface area contributed by atoms with Crippen molar-refractivity contribution >= 4 is 83.4 Å². The second-order valence-electron chi connectivity index (χ2n) is 18.5. The molecule has 1 aliphatic rings. The Morgan fingerprint density at radius 3 is 1.64 bits per heavy atom. The number of carboxylic acid groups (broad SMARTS) is 1. The molecule has 1 saturated carbocycles. The molecule has 0 aromatic rings. The molecule has 1 aliphatic carbocycles. The number of guanidine groups is 2. The number of rotatable bonds is 33. The highest BCUT2D eigenvalue weighted by Crippen LogP contribution is 2.35. The number of hydrogen-bond donors (Lipinski definition) is 15. The summed E-state index contributed by atoms with van der Waals surface area (Å²) in [6, 6.07) is -9.47. The van der Waals surface area contributed by atoms with Gasteiger partial charge in [0.25, 0.3) is 5.91 Å². The first kappa shape index (κ1) is 64.0. The first-order valence-electron chi connectivity index (χ1n) is 24.7. The third-order valence-corrected chi connectivity index (χ3v) is 12.9. The van der Waals surface area contributed by atoms with E-state index in [4.69, 9.17) is 28.0 Å². The van der Waals surface area contributed by atoms with Gasteiger partial charge in [-0.2, -0.15) is 12.6 Å². The molecule has 7 amide bonds. The van der Waals surface area contributed by atoms with Gasteiger partial charge < -0.3 is 64.8 Å². The molecule has 1 fully saturated rings. The summed E-state index contributed by atoms with van der Waals surface area (Å²) in [4.78, 5) is 136. The maximum Gasteiger partial charge on any atom is 0.305 e. The number of Topliss-reactive ketones (excluding diaryl/α,β-unsaturated/α-hetero) is 2. The number of ketones is 2. The minimum absolute atomic E-state index is 0.0480. The Labute approximate surface area is 427 Å². The van der Waals surface area contributed by atoms with Crippen LogP contribution in [0.1, 0.15) is 132 Å². The van der Waals surface area contributed by atoms with Gasteiger partial charge in [-0.25, -0.2) is 5.32 Å². The van der Waals surface area contributed by atoms with Crippen LogP contribution in [0.25, 0.3) is 0 Å². The van der Waals surface area contributed by atoms with Gasteiger partial charge in [0.2, 0.25) is 35.4 Å². The largest absolute Gasteiger partial charge is 0.481 e. The molecule has 72 heavy (non-hydrogen) atoms. The Kier molecular flexibility index (Phi) is 28.5. The SMILES string of the molecule is CC[C@H](C)[C@H](NC(=O)[C@H](CCCNC(=N)N)NC(=O)[C@H](C)NC(=O)[C@H](C)NC(=O)[C@H](C)N)C(=O)N[C@@H](CC(=O)O)C(=O)N[C@@H](CCCNC(=N)N)C(=O)[N][C@](C(=O)CCS)(C(=O)C1CCCCC1)[C@@H](C)CC. The van der Waals surface area contributed by atoms with E-state index in [0.29, 0.717) is 12.8 Å². The highest BCUT2D eigenvalue weighted by Gasteiger charge is 2.54. The van der Waals surface area contributed by atoms with Crippen LogP contribution >= 0.6 is 12.6 Å². The van der Waals surface area contributed by atoms with Crippen LogP contribution in [0.15, 0.2) is 0 Å². The number of carbonyl (C=O) groups excluding carboxylic acids is 9. The monoisotopic (exact) mass is 1040 g/mol. The lowest BCUT2D eigenvalue weighted by Crippen LogP contribution is -2.65. The molecule has 0 bridgehead atoms. The maximum absolute atomic E-state index is 14.5. The fourth-order valence-corrected chi connectivity index (χ4v) is 8.17. The molecule has 407 valence electrons. The summed E-state index contributed by atoms with van der Waals surface area (Å²) in [5.74, 6) is -11.5. The van der Waals surface area contributed by atoms with Crippen molar-refractivity contribution in [3.63, 3.8) is 0 Å². The summed E-state index contributed by atoms with van der Waals surface area (Å²) in [6.07, 6.45) is 2.76. The van der Waals surface area contributed by atoms with Crippen molar-refractivity contribution in [2.75, 3.05) is 18.8 Å². The number of aliphatic carboxylic acids is 1. The molecule has 0 unspecified atom stereocenters. The molecule has 0 saturated heterocycles. The van der Waals surface area contributed by atoms with Crippen molar-refractivity contribution in [1.82, 2.24) is 47.9 Å². The third kappa shape index (κ3) is 21.0. The van der Waals surface area contributed by atoms with E-state index in [-0.39, 0.29) is 75.7 Å². The molecule has 17 N–H and O–H groups in total. The number of hydrogen-bond acceptors (Lipinski definition) is 14. The summed E-state index contributed by atoms with van der Waals surface area (Å²) in [7, 11) is 0. The summed E-state index contributed by atoms with van der Waals surface area (Å²) in [5, 5.41) is 49.5. The molecule has 0 spiro atoms. The Hall–Kier alpha value is -6.05.